The summed E-state index contributed by atoms with van der Waals surface area (Å²) in [6, 6.07) is 14.4. The highest BCUT2D eigenvalue weighted by atomic mass is 35.5. The smallest absolute Gasteiger partial charge is 0.321 e. The molecule has 32 heavy (non-hydrogen) atoms. The lowest BCUT2D eigenvalue weighted by Gasteiger charge is -2.11. The minimum Gasteiger partial charge on any atom is -0.383 e. The van der Waals surface area contributed by atoms with Gasteiger partial charge in [-0.05, 0) is 23.8 Å². The molecule has 3 amide bonds. The predicted molar refractivity (Wildman–Crippen MR) is 125 cm³/mol. The summed E-state index contributed by atoms with van der Waals surface area (Å²) in [4.78, 5) is 23.9. The standard InChI is InChI=1S/C21H21Cl2N5O3S/c1-31-10-9-24-20(30)25-18(29)13-32-21-27-26-19(16-8-7-15(22)11-17(16)23)28(21)12-14-5-3-2-4-6-14/h2-8,11H,9-10,12-13H2,1H3,(H2,24,25,29,30). The lowest BCUT2D eigenvalue weighted by Crippen LogP contribution is -2.41. The SMILES string of the molecule is COCCNC(=O)NC(=O)CSc1nnc(-c2ccc(Cl)cc2Cl)n1Cc1ccccc1. The molecular formula is C21H21Cl2N5O3S. The second-order valence-electron chi connectivity index (χ2n) is 6.59. The van der Waals surface area contributed by atoms with Crippen molar-refractivity contribution in [2.45, 2.75) is 11.7 Å². The first-order valence-electron chi connectivity index (χ1n) is 9.60. The number of carbonyl (C=O) groups excluding carboxylic acids is 2. The molecule has 1 aromatic heterocycles. The van der Waals surface area contributed by atoms with Gasteiger partial charge < -0.3 is 10.1 Å². The molecule has 0 saturated heterocycles. The number of halogens is 2. The zero-order valence-corrected chi connectivity index (χ0v) is 19.5. The quantitative estimate of drug-likeness (QED) is 0.346. The Morgan fingerprint density at radius 3 is 2.62 bits per heavy atom. The summed E-state index contributed by atoms with van der Waals surface area (Å²) in [5, 5.41) is 14.8. The Bertz CT molecular complexity index is 1080. The maximum atomic E-state index is 12.2. The first-order chi connectivity index (χ1) is 15.5. The number of nitrogens with one attached hydrogen (secondary N) is 2. The van der Waals surface area contributed by atoms with E-state index in [-0.39, 0.29) is 5.75 Å². The molecule has 0 bridgehead atoms. The summed E-state index contributed by atoms with van der Waals surface area (Å²) in [6.45, 7) is 1.14. The van der Waals surface area contributed by atoms with Gasteiger partial charge in [0, 0.05) is 24.2 Å². The van der Waals surface area contributed by atoms with Crippen LogP contribution in [0.25, 0.3) is 11.4 Å². The van der Waals surface area contributed by atoms with Gasteiger partial charge in [0.25, 0.3) is 0 Å². The van der Waals surface area contributed by atoms with E-state index in [1.807, 2.05) is 34.9 Å². The molecule has 0 spiro atoms. The van der Waals surface area contributed by atoms with Crippen LogP contribution in [0.4, 0.5) is 4.79 Å². The molecule has 0 fully saturated rings. The van der Waals surface area contributed by atoms with Crippen LogP contribution in [0.15, 0.2) is 53.7 Å². The molecule has 3 aromatic rings. The Hall–Kier alpha value is -2.59. The van der Waals surface area contributed by atoms with E-state index < -0.39 is 11.9 Å². The van der Waals surface area contributed by atoms with Crippen molar-refractivity contribution in [1.29, 1.82) is 0 Å². The van der Waals surface area contributed by atoms with Crippen LogP contribution in [0.1, 0.15) is 5.56 Å². The molecule has 0 unspecified atom stereocenters. The summed E-state index contributed by atoms with van der Waals surface area (Å²) in [6.07, 6.45) is 0. The van der Waals surface area contributed by atoms with Crippen molar-refractivity contribution in [3.63, 3.8) is 0 Å². The number of rotatable bonds is 9. The Balaban J connectivity index is 1.77. The number of carbonyl (C=O) groups is 2. The van der Waals surface area contributed by atoms with Gasteiger partial charge in [0.1, 0.15) is 0 Å². The second kappa shape index (κ2) is 11.9. The van der Waals surface area contributed by atoms with E-state index in [4.69, 9.17) is 27.9 Å². The van der Waals surface area contributed by atoms with Crippen LogP contribution in [0, 0.1) is 0 Å². The van der Waals surface area contributed by atoms with Gasteiger partial charge in [0.15, 0.2) is 11.0 Å². The largest absolute Gasteiger partial charge is 0.383 e. The van der Waals surface area contributed by atoms with Gasteiger partial charge in [-0.1, -0.05) is 65.3 Å². The summed E-state index contributed by atoms with van der Waals surface area (Å²) in [7, 11) is 1.53. The Morgan fingerprint density at radius 2 is 1.91 bits per heavy atom. The molecule has 3 rings (SSSR count). The van der Waals surface area contributed by atoms with Crippen molar-refractivity contribution in [3.05, 3.63) is 64.1 Å². The van der Waals surface area contributed by atoms with Crippen LogP contribution >= 0.6 is 35.0 Å². The molecular weight excluding hydrogens is 473 g/mol. The zero-order valence-electron chi connectivity index (χ0n) is 17.2. The molecule has 2 N–H and O–H groups in total. The fourth-order valence-electron chi connectivity index (χ4n) is 2.78. The average molecular weight is 494 g/mol. The van der Waals surface area contributed by atoms with Crippen LogP contribution in [-0.4, -0.2) is 52.7 Å². The predicted octanol–water partition coefficient (Wildman–Crippen LogP) is 3.86. The van der Waals surface area contributed by atoms with Crippen molar-refractivity contribution < 1.29 is 14.3 Å². The van der Waals surface area contributed by atoms with Gasteiger partial charge in [-0.25, -0.2) is 4.79 Å². The average Bonchev–Trinajstić information content (AvgIpc) is 3.15. The highest BCUT2D eigenvalue weighted by molar-refractivity contribution is 7.99. The number of methoxy groups -OCH3 is 1. The fraction of sp³-hybridized carbons (Fsp3) is 0.238. The lowest BCUT2D eigenvalue weighted by molar-refractivity contribution is -0.117. The van der Waals surface area contributed by atoms with Crippen molar-refractivity contribution in [1.82, 2.24) is 25.4 Å². The van der Waals surface area contributed by atoms with Gasteiger partial charge in [-0.3, -0.25) is 14.7 Å². The molecule has 0 aliphatic rings. The summed E-state index contributed by atoms with van der Waals surface area (Å²) in [5.74, 6) is 0.0832. The normalized spacial score (nSPS) is 10.7. The number of aromatic nitrogens is 3. The van der Waals surface area contributed by atoms with Gasteiger partial charge >= 0.3 is 6.03 Å². The van der Waals surface area contributed by atoms with E-state index >= 15 is 0 Å². The van der Waals surface area contributed by atoms with Gasteiger partial charge in [0.2, 0.25) is 5.91 Å². The molecule has 11 heteroatoms. The van der Waals surface area contributed by atoms with E-state index in [0.29, 0.717) is 46.3 Å². The zero-order chi connectivity index (χ0) is 22.9. The molecule has 0 atom stereocenters. The maximum absolute atomic E-state index is 12.2. The number of ether oxygens (including phenoxy) is 1. The number of nitrogens with zero attached hydrogens (tertiary/aromatic N) is 3. The van der Waals surface area contributed by atoms with Crippen molar-refractivity contribution in [2.75, 3.05) is 26.0 Å². The van der Waals surface area contributed by atoms with Crippen molar-refractivity contribution in [3.8, 4) is 11.4 Å². The fourth-order valence-corrected chi connectivity index (χ4v) is 4.01. The molecule has 0 aliphatic carbocycles. The van der Waals surface area contributed by atoms with E-state index in [1.54, 1.807) is 18.2 Å². The van der Waals surface area contributed by atoms with Crippen LogP contribution in [0.2, 0.25) is 10.0 Å². The van der Waals surface area contributed by atoms with Crippen LogP contribution < -0.4 is 10.6 Å². The first-order valence-corrected chi connectivity index (χ1v) is 11.3. The second-order valence-corrected chi connectivity index (χ2v) is 8.37. The van der Waals surface area contributed by atoms with E-state index in [0.717, 1.165) is 5.56 Å². The van der Waals surface area contributed by atoms with Crippen LogP contribution in [0.5, 0.6) is 0 Å². The van der Waals surface area contributed by atoms with E-state index in [1.165, 1.54) is 18.9 Å². The minimum absolute atomic E-state index is 0.0149. The molecule has 0 aliphatic heterocycles. The number of imide groups is 1. The third-order valence-electron chi connectivity index (χ3n) is 4.25. The van der Waals surface area contributed by atoms with Gasteiger partial charge in [0.05, 0.1) is 23.9 Å². The van der Waals surface area contributed by atoms with Gasteiger partial charge in [-0.2, -0.15) is 0 Å². The van der Waals surface area contributed by atoms with E-state index in [2.05, 4.69) is 20.8 Å². The third-order valence-corrected chi connectivity index (χ3v) is 5.76. The maximum Gasteiger partial charge on any atom is 0.321 e. The molecule has 2 aromatic carbocycles. The molecule has 0 saturated carbocycles. The highest BCUT2D eigenvalue weighted by Crippen LogP contribution is 2.32. The molecule has 168 valence electrons. The number of hydrogen-bond donors (Lipinski definition) is 2. The number of amides is 3. The van der Waals surface area contributed by atoms with Crippen LogP contribution in [0.3, 0.4) is 0 Å². The third kappa shape index (κ3) is 6.70. The first kappa shape index (κ1) is 24.1. The monoisotopic (exact) mass is 493 g/mol. The Labute approximate surface area is 199 Å². The number of benzene rings is 2. The number of thioether (sulfide) groups is 1. The Kier molecular flexibility index (Phi) is 8.92. The minimum atomic E-state index is -0.577. The summed E-state index contributed by atoms with van der Waals surface area (Å²) >= 11 is 13.6. The van der Waals surface area contributed by atoms with E-state index in [9.17, 15) is 9.59 Å². The molecule has 8 nitrogen and oxygen atoms in total. The summed E-state index contributed by atoms with van der Waals surface area (Å²) in [5.41, 5.74) is 1.70. The van der Waals surface area contributed by atoms with Crippen LogP contribution in [-0.2, 0) is 16.1 Å². The Morgan fingerprint density at radius 1 is 1.12 bits per heavy atom. The van der Waals surface area contributed by atoms with Crippen molar-refractivity contribution in [2.24, 2.45) is 0 Å². The summed E-state index contributed by atoms with van der Waals surface area (Å²) < 4.78 is 6.73. The lowest BCUT2D eigenvalue weighted by atomic mass is 10.2. The number of hydrogen-bond acceptors (Lipinski definition) is 6. The number of urea groups is 1. The highest BCUT2D eigenvalue weighted by Gasteiger charge is 2.19. The topological polar surface area (TPSA) is 98.1 Å². The van der Waals surface area contributed by atoms with Gasteiger partial charge in [-0.15, -0.1) is 10.2 Å². The molecule has 0 radical (unpaired) electrons. The van der Waals surface area contributed by atoms with Crippen molar-refractivity contribution >= 4 is 46.9 Å². The molecule has 1 heterocycles.